The van der Waals surface area contributed by atoms with Gasteiger partial charge in [-0.25, -0.2) is 0 Å². The smallest absolute Gasteiger partial charge is 0.244 e. The molecule has 0 saturated carbocycles. The molecule has 0 aromatic heterocycles. The first-order valence-electron chi connectivity index (χ1n) is 11.6. The van der Waals surface area contributed by atoms with Crippen LogP contribution in [0.15, 0.2) is 12.2 Å². The lowest BCUT2D eigenvalue weighted by Crippen LogP contribution is -2.46. The molecule has 0 aromatic rings. The molecule has 0 aliphatic carbocycles. The van der Waals surface area contributed by atoms with Gasteiger partial charge in [0.1, 0.15) is 6.04 Å². The summed E-state index contributed by atoms with van der Waals surface area (Å²) >= 11 is 0. The second-order valence-electron chi connectivity index (χ2n) is 7.66. The van der Waals surface area contributed by atoms with Gasteiger partial charge < -0.3 is 16.4 Å². The number of carbonyl (C=O) groups excluding carboxylic acids is 2. The molecule has 0 aromatic carbocycles. The lowest BCUT2D eigenvalue weighted by Gasteiger charge is -2.17. The van der Waals surface area contributed by atoms with Gasteiger partial charge >= 0.3 is 0 Å². The van der Waals surface area contributed by atoms with Crippen molar-refractivity contribution in [3.05, 3.63) is 12.2 Å². The molecule has 5 heteroatoms. The Morgan fingerprint density at radius 3 is 2.11 bits per heavy atom. The molecule has 0 rings (SSSR count). The van der Waals surface area contributed by atoms with Crippen molar-refractivity contribution in [2.75, 3.05) is 13.1 Å². The summed E-state index contributed by atoms with van der Waals surface area (Å²) in [7, 11) is 0. The van der Waals surface area contributed by atoms with E-state index in [2.05, 4.69) is 24.5 Å². The van der Waals surface area contributed by atoms with Crippen LogP contribution in [0.3, 0.4) is 0 Å². The van der Waals surface area contributed by atoms with E-state index in [0.717, 1.165) is 32.1 Å². The zero-order valence-electron chi connectivity index (χ0n) is 18.4. The first-order chi connectivity index (χ1) is 13.7. The van der Waals surface area contributed by atoms with Crippen molar-refractivity contribution in [2.24, 2.45) is 5.73 Å². The molecule has 0 saturated heterocycles. The fourth-order valence-corrected chi connectivity index (χ4v) is 3.11. The minimum Gasteiger partial charge on any atom is -0.354 e. The lowest BCUT2D eigenvalue weighted by atomic mass is 10.1. The maximum atomic E-state index is 12.3. The van der Waals surface area contributed by atoms with Crippen LogP contribution in [0.25, 0.3) is 0 Å². The summed E-state index contributed by atoms with van der Waals surface area (Å²) in [5, 5.41) is 5.78. The highest BCUT2D eigenvalue weighted by molar-refractivity contribution is 5.92. The number of allylic oxidation sites excluding steroid dienone is 1. The SMILES string of the molecule is CCCCCCCCCC=CC(=O)NC(CCCN)C(=O)NCCCCCC. The summed E-state index contributed by atoms with van der Waals surface area (Å²) in [5.74, 6) is -0.287. The van der Waals surface area contributed by atoms with Crippen LogP contribution in [0.4, 0.5) is 0 Å². The zero-order valence-corrected chi connectivity index (χ0v) is 18.4. The van der Waals surface area contributed by atoms with Gasteiger partial charge in [0.15, 0.2) is 0 Å². The van der Waals surface area contributed by atoms with Crippen LogP contribution in [-0.4, -0.2) is 30.9 Å². The molecular formula is C23H45N3O2. The summed E-state index contributed by atoms with van der Waals surface area (Å²) < 4.78 is 0. The first-order valence-corrected chi connectivity index (χ1v) is 11.6. The number of hydrogen-bond donors (Lipinski definition) is 3. The molecule has 28 heavy (non-hydrogen) atoms. The largest absolute Gasteiger partial charge is 0.354 e. The van der Waals surface area contributed by atoms with Crippen LogP contribution >= 0.6 is 0 Å². The number of carbonyl (C=O) groups is 2. The highest BCUT2D eigenvalue weighted by atomic mass is 16.2. The Labute approximate surface area is 173 Å². The summed E-state index contributed by atoms with van der Waals surface area (Å²) in [6, 6.07) is -0.495. The van der Waals surface area contributed by atoms with Crippen molar-refractivity contribution >= 4 is 11.8 Å². The van der Waals surface area contributed by atoms with Gasteiger partial charge in [0.25, 0.3) is 0 Å². The van der Waals surface area contributed by atoms with E-state index < -0.39 is 6.04 Å². The molecule has 164 valence electrons. The highest BCUT2D eigenvalue weighted by Crippen LogP contribution is 2.08. The van der Waals surface area contributed by atoms with Crippen LogP contribution in [0.2, 0.25) is 0 Å². The molecule has 0 aliphatic rings. The van der Waals surface area contributed by atoms with Gasteiger partial charge in [0.2, 0.25) is 11.8 Å². The molecule has 0 aliphatic heterocycles. The minimum absolute atomic E-state index is 0.0984. The average Bonchev–Trinajstić information content (AvgIpc) is 2.69. The second kappa shape index (κ2) is 20.4. The van der Waals surface area contributed by atoms with Gasteiger partial charge in [-0.05, 0) is 44.7 Å². The third-order valence-electron chi connectivity index (χ3n) is 4.90. The van der Waals surface area contributed by atoms with Crippen LogP contribution in [0.5, 0.6) is 0 Å². The maximum absolute atomic E-state index is 12.3. The molecule has 1 unspecified atom stereocenters. The molecule has 2 amide bonds. The van der Waals surface area contributed by atoms with Gasteiger partial charge in [0.05, 0.1) is 0 Å². The Balaban J connectivity index is 4.07. The average molecular weight is 396 g/mol. The van der Waals surface area contributed by atoms with Gasteiger partial charge in [-0.3, -0.25) is 9.59 Å². The van der Waals surface area contributed by atoms with Crippen molar-refractivity contribution in [3.8, 4) is 0 Å². The monoisotopic (exact) mass is 395 g/mol. The zero-order chi connectivity index (χ0) is 20.9. The Hall–Kier alpha value is -1.36. The summed E-state index contributed by atoms with van der Waals surface area (Å²) in [6.45, 7) is 5.58. The summed E-state index contributed by atoms with van der Waals surface area (Å²) in [4.78, 5) is 24.5. The van der Waals surface area contributed by atoms with E-state index in [1.807, 2.05) is 6.08 Å². The van der Waals surface area contributed by atoms with Crippen LogP contribution in [0.1, 0.15) is 104 Å². The van der Waals surface area contributed by atoms with E-state index in [0.29, 0.717) is 19.5 Å². The van der Waals surface area contributed by atoms with Crippen LogP contribution in [0, 0.1) is 0 Å². The van der Waals surface area contributed by atoms with E-state index >= 15 is 0 Å². The van der Waals surface area contributed by atoms with E-state index in [1.54, 1.807) is 6.08 Å². The second-order valence-corrected chi connectivity index (χ2v) is 7.66. The Morgan fingerprint density at radius 2 is 1.46 bits per heavy atom. The fraction of sp³-hybridized carbons (Fsp3) is 0.826. The predicted molar refractivity (Wildman–Crippen MR) is 119 cm³/mol. The van der Waals surface area contributed by atoms with Crippen molar-refractivity contribution in [2.45, 2.75) is 110 Å². The predicted octanol–water partition coefficient (Wildman–Crippen LogP) is 4.60. The molecule has 0 radical (unpaired) electrons. The Kier molecular flexibility index (Phi) is 19.4. The van der Waals surface area contributed by atoms with Gasteiger partial charge in [-0.2, -0.15) is 0 Å². The third kappa shape index (κ3) is 16.8. The number of nitrogens with two attached hydrogens (primary N) is 1. The first kappa shape index (κ1) is 26.6. The number of hydrogen-bond acceptors (Lipinski definition) is 3. The summed E-state index contributed by atoms with van der Waals surface area (Å²) in [5.41, 5.74) is 5.57. The van der Waals surface area contributed by atoms with E-state index in [4.69, 9.17) is 5.73 Å². The van der Waals surface area contributed by atoms with E-state index in [1.165, 1.54) is 51.4 Å². The van der Waals surface area contributed by atoms with Crippen molar-refractivity contribution in [3.63, 3.8) is 0 Å². The number of unbranched alkanes of at least 4 members (excludes halogenated alkanes) is 10. The maximum Gasteiger partial charge on any atom is 0.244 e. The lowest BCUT2D eigenvalue weighted by molar-refractivity contribution is -0.127. The molecule has 5 nitrogen and oxygen atoms in total. The van der Waals surface area contributed by atoms with E-state index in [9.17, 15) is 9.59 Å². The molecule has 0 fully saturated rings. The van der Waals surface area contributed by atoms with Crippen LogP contribution in [-0.2, 0) is 9.59 Å². The van der Waals surface area contributed by atoms with Crippen molar-refractivity contribution in [1.29, 1.82) is 0 Å². The quantitative estimate of drug-likeness (QED) is 0.221. The molecule has 4 N–H and O–H groups in total. The summed E-state index contributed by atoms with van der Waals surface area (Å²) in [6.07, 6.45) is 19.0. The minimum atomic E-state index is -0.495. The fourth-order valence-electron chi connectivity index (χ4n) is 3.11. The van der Waals surface area contributed by atoms with E-state index in [-0.39, 0.29) is 11.8 Å². The number of amides is 2. The Bertz CT molecular complexity index is 411. The van der Waals surface area contributed by atoms with Crippen molar-refractivity contribution < 1.29 is 9.59 Å². The van der Waals surface area contributed by atoms with Crippen molar-refractivity contribution in [1.82, 2.24) is 10.6 Å². The third-order valence-corrected chi connectivity index (χ3v) is 4.90. The standard InChI is InChI=1S/C23H45N3O2/c1-3-5-7-9-10-11-12-13-14-18-22(27)26-21(17-16-19-24)23(28)25-20-15-8-6-4-2/h14,18,21H,3-13,15-17,19-20,24H2,1-2H3,(H,25,28)(H,26,27). The molecule has 1 atom stereocenters. The topological polar surface area (TPSA) is 84.2 Å². The van der Waals surface area contributed by atoms with Gasteiger partial charge in [-0.15, -0.1) is 0 Å². The number of rotatable bonds is 19. The van der Waals surface area contributed by atoms with Gasteiger partial charge in [0, 0.05) is 6.54 Å². The molecule has 0 heterocycles. The molecular weight excluding hydrogens is 350 g/mol. The Morgan fingerprint density at radius 1 is 0.857 bits per heavy atom. The molecule has 0 spiro atoms. The van der Waals surface area contributed by atoms with Crippen LogP contribution < -0.4 is 16.4 Å². The highest BCUT2D eigenvalue weighted by Gasteiger charge is 2.18. The normalized spacial score (nSPS) is 12.2. The number of nitrogens with one attached hydrogen (secondary N) is 2. The van der Waals surface area contributed by atoms with Gasteiger partial charge in [-0.1, -0.05) is 77.7 Å². The molecule has 0 bridgehead atoms.